The Bertz CT molecular complexity index is 1080. The molecule has 0 saturated heterocycles. The van der Waals surface area contributed by atoms with Crippen LogP contribution in [0.5, 0.6) is 11.5 Å². The highest BCUT2D eigenvalue weighted by Crippen LogP contribution is 2.33. The van der Waals surface area contributed by atoms with Gasteiger partial charge in [-0.1, -0.05) is 44.2 Å². The number of hydrogen-bond acceptors (Lipinski definition) is 6. The third-order valence-electron chi connectivity index (χ3n) is 4.65. The number of carbonyl (C=O) groups excluding carboxylic acids is 2. The molecule has 2 heterocycles. The molecule has 0 saturated carbocycles. The number of nitrogens with one attached hydrogen (secondary N) is 1. The highest BCUT2D eigenvalue weighted by atomic mass is 32.1. The van der Waals surface area contributed by atoms with E-state index >= 15 is 0 Å². The normalized spacial score (nSPS) is 12.1. The Morgan fingerprint density at radius 3 is 2.68 bits per heavy atom. The lowest BCUT2D eigenvalue weighted by Gasteiger charge is -2.24. The molecule has 7 nitrogen and oxygen atoms in total. The van der Waals surface area contributed by atoms with Gasteiger partial charge < -0.3 is 19.7 Å². The summed E-state index contributed by atoms with van der Waals surface area (Å²) in [6, 6.07) is 14.8. The van der Waals surface area contributed by atoms with Crippen molar-refractivity contribution in [1.82, 2.24) is 9.88 Å². The van der Waals surface area contributed by atoms with Gasteiger partial charge in [0.1, 0.15) is 6.54 Å². The molecule has 0 unspecified atom stereocenters. The van der Waals surface area contributed by atoms with E-state index in [0.717, 1.165) is 11.3 Å². The molecule has 31 heavy (non-hydrogen) atoms. The molecule has 2 aromatic carbocycles. The zero-order valence-electron chi connectivity index (χ0n) is 17.3. The third-order valence-corrected chi connectivity index (χ3v) is 5.40. The molecule has 160 valence electrons. The smallest absolute Gasteiger partial charge is 0.254 e. The van der Waals surface area contributed by atoms with Crippen molar-refractivity contribution < 1.29 is 19.1 Å². The Labute approximate surface area is 184 Å². The maximum atomic E-state index is 13.1. The van der Waals surface area contributed by atoms with Crippen LogP contribution in [0.15, 0.2) is 53.9 Å². The van der Waals surface area contributed by atoms with Crippen LogP contribution in [0.1, 0.15) is 24.2 Å². The Morgan fingerprint density at radius 2 is 1.90 bits per heavy atom. The van der Waals surface area contributed by atoms with E-state index in [1.807, 2.05) is 49.6 Å². The summed E-state index contributed by atoms with van der Waals surface area (Å²) < 4.78 is 10.7. The van der Waals surface area contributed by atoms with Crippen LogP contribution >= 0.6 is 11.3 Å². The molecule has 0 radical (unpaired) electrons. The second-order valence-electron chi connectivity index (χ2n) is 7.60. The van der Waals surface area contributed by atoms with Gasteiger partial charge in [-0.25, -0.2) is 4.98 Å². The average molecular weight is 438 g/mol. The highest BCUT2D eigenvalue weighted by Gasteiger charge is 2.23. The van der Waals surface area contributed by atoms with Gasteiger partial charge in [-0.3, -0.25) is 9.59 Å². The first-order valence-electron chi connectivity index (χ1n) is 9.99. The van der Waals surface area contributed by atoms with E-state index in [0.29, 0.717) is 28.7 Å². The van der Waals surface area contributed by atoms with Crippen LogP contribution in [-0.4, -0.2) is 41.6 Å². The van der Waals surface area contributed by atoms with Gasteiger partial charge in [0.2, 0.25) is 12.7 Å². The predicted molar refractivity (Wildman–Crippen MR) is 119 cm³/mol. The fourth-order valence-electron chi connectivity index (χ4n) is 3.28. The fourth-order valence-corrected chi connectivity index (χ4v) is 4.01. The number of ether oxygens (including phenoxy) is 2. The van der Waals surface area contributed by atoms with E-state index in [1.54, 1.807) is 23.1 Å². The lowest BCUT2D eigenvalue weighted by molar-refractivity contribution is -0.117. The van der Waals surface area contributed by atoms with Gasteiger partial charge in [-0.15, -0.1) is 11.3 Å². The summed E-state index contributed by atoms with van der Waals surface area (Å²) in [5, 5.41) is 5.21. The zero-order chi connectivity index (χ0) is 21.8. The molecular formula is C23H23N3O4S. The molecule has 1 N–H and O–H groups in total. The first-order valence-corrected chi connectivity index (χ1v) is 10.9. The number of benzene rings is 2. The predicted octanol–water partition coefficient (Wildman–Crippen LogP) is 4.28. The van der Waals surface area contributed by atoms with Crippen LogP contribution in [0.25, 0.3) is 11.3 Å². The minimum absolute atomic E-state index is 0.0638. The Hall–Kier alpha value is -3.39. The molecule has 1 aliphatic rings. The molecule has 1 aromatic heterocycles. The van der Waals surface area contributed by atoms with Crippen LogP contribution in [-0.2, 0) is 4.79 Å². The largest absolute Gasteiger partial charge is 0.454 e. The summed E-state index contributed by atoms with van der Waals surface area (Å²) in [5.74, 6) is 0.837. The number of aromatic nitrogens is 1. The fraction of sp³-hybridized carbons (Fsp3) is 0.261. The van der Waals surface area contributed by atoms with Crippen LogP contribution in [0.2, 0.25) is 0 Å². The van der Waals surface area contributed by atoms with E-state index < -0.39 is 0 Å². The van der Waals surface area contributed by atoms with E-state index in [-0.39, 0.29) is 31.1 Å². The number of anilines is 1. The Balaban J connectivity index is 1.44. The van der Waals surface area contributed by atoms with Crippen molar-refractivity contribution >= 4 is 28.3 Å². The van der Waals surface area contributed by atoms with Crippen molar-refractivity contribution in [3.8, 4) is 22.8 Å². The number of nitrogens with zero attached hydrogens (tertiary/aromatic N) is 2. The SMILES string of the molecule is CC(C)CN(CC(=O)Nc1nc(-c2ccccc2)cs1)C(=O)c1ccc2c(c1)OCO2. The van der Waals surface area contributed by atoms with E-state index in [9.17, 15) is 9.59 Å². The van der Waals surface area contributed by atoms with Crippen molar-refractivity contribution in [2.24, 2.45) is 5.92 Å². The van der Waals surface area contributed by atoms with Gasteiger partial charge in [-0.2, -0.15) is 0 Å². The van der Waals surface area contributed by atoms with Crippen molar-refractivity contribution in [2.75, 3.05) is 25.2 Å². The van der Waals surface area contributed by atoms with Crippen LogP contribution in [0.3, 0.4) is 0 Å². The molecule has 4 rings (SSSR count). The maximum Gasteiger partial charge on any atom is 0.254 e. The van der Waals surface area contributed by atoms with Gasteiger partial charge in [0.15, 0.2) is 16.6 Å². The molecule has 0 atom stereocenters. The number of thiazole rings is 1. The van der Waals surface area contributed by atoms with Gasteiger partial charge in [0.05, 0.1) is 5.69 Å². The van der Waals surface area contributed by atoms with Crippen LogP contribution < -0.4 is 14.8 Å². The molecule has 3 aromatic rings. The van der Waals surface area contributed by atoms with E-state index in [4.69, 9.17) is 9.47 Å². The lowest BCUT2D eigenvalue weighted by atomic mass is 10.1. The van der Waals surface area contributed by atoms with E-state index in [2.05, 4.69) is 10.3 Å². The number of carbonyl (C=O) groups is 2. The summed E-state index contributed by atoms with van der Waals surface area (Å²) in [5.41, 5.74) is 2.24. The number of rotatable bonds is 7. The summed E-state index contributed by atoms with van der Waals surface area (Å²) in [6.07, 6.45) is 0. The minimum Gasteiger partial charge on any atom is -0.454 e. The maximum absolute atomic E-state index is 13.1. The van der Waals surface area contributed by atoms with Gasteiger partial charge in [-0.05, 0) is 24.1 Å². The first-order chi connectivity index (χ1) is 15.0. The topological polar surface area (TPSA) is 80.8 Å². The lowest BCUT2D eigenvalue weighted by Crippen LogP contribution is -2.40. The highest BCUT2D eigenvalue weighted by molar-refractivity contribution is 7.14. The number of hydrogen-bond donors (Lipinski definition) is 1. The molecule has 0 aliphatic carbocycles. The van der Waals surface area contributed by atoms with Crippen LogP contribution in [0, 0.1) is 5.92 Å². The second kappa shape index (κ2) is 9.18. The van der Waals surface area contributed by atoms with Gasteiger partial charge >= 0.3 is 0 Å². The monoisotopic (exact) mass is 437 g/mol. The van der Waals surface area contributed by atoms with Crippen LogP contribution in [0.4, 0.5) is 5.13 Å². The molecule has 0 fully saturated rings. The summed E-state index contributed by atoms with van der Waals surface area (Å²) in [6.45, 7) is 4.54. The molecular weight excluding hydrogens is 414 g/mol. The minimum atomic E-state index is -0.288. The van der Waals surface area contributed by atoms with Gasteiger partial charge in [0, 0.05) is 23.1 Å². The number of fused-ring (bicyclic) bond motifs is 1. The first kappa shape index (κ1) is 20.9. The molecule has 8 heteroatoms. The van der Waals surface area contributed by atoms with Crippen molar-refractivity contribution in [3.05, 3.63) is 59.5 Å². The molecule has 2 amide bonds. The summed E-state index contributed by atoms with van der Waals surface area (Å²) >= 11 is 1.36. The molecule has 0 bridgehead atoms. The van der Waals surface area contributed by atoms with Gasteiger partial charge in [0.25, 0.3) is 5.91 Å². The standard InChI is InChI=1S/C23H23N3O4S/c1-15(2)11-26(22(28)17-8-9-19-20(10-17)30-14-29-19)12-21(27)25-23-24-18(13-31-23)16-6-4-3-5-7-16/h3-10,13,15H,11-12,14H2,1-2H3,(H,24,25,27). The summed E-state index contributed by atoms with van der Waals surface area (Å²) in [4.78, 5) is 31.8. The Morgan fingerprint density at radius 1 is 1.13 bits per heavy atom. The Kier molecular flexibility index (Phi) is 6.18. The van der Waals surface area contributed by atoms with E-state index in [1.165, 1.54) is 11.3 Å². The third kappa shape index (κ3) is 5.03. The quantitative estimate of drug-likeness (QED) is 0.597. The zero-order valence-corrected chi connectivity index (χ0v) is 18.1. The van der Waals surface area contributed by atoms with Crippen molar-refractivity contribution in [3.63, 3.8) is 0 Å². The molecule has 0 spiro atoms. The average Bonchev–Trinajstić information content (AvgIpc) is 3.42. The van der Waals surface area contributed by atoms with Crippen molar-refractivity contribution in [2.45, 2.75) is 13.8 Å². The van der Waals surface area contributed by atoms with Crippen molar-refractivity contribution in [1.29, 1.82) is 0 Å². The second-order valence-corrected chi connectivity index (χ2v) is 8.46. The summed E-state index contributed by atoms with van der Waals surface area (Å²) in [7, 11) is 0. The number of amides is 2. The molecule has 1 aliphatic heterocycles.